The number of aromatic nitrogens is 1. The largest absolute Gasteiger partial charge is 0.511 e. The first-order valence-electron chi connectivity index (χ1n) is 7.13. The van der Waals surface area contributed by atoms with Crippen LogP contribution < -0.4 is 15.6 Å². The lowest BCUT2D eigenvalue weighted by molar-refractivity contribution is 0.144. The molecule has 0 radical (unpaired) electrons. The highest BCUT2D eigenvalue weighted by molar-refractivity contribution is 5.90. The lowest BCUT2D eigenvalue weighted by Crippen LogP contribution is -2.10. The number of anilines is 1. The summed E-state index contributed by atoms with van der Waals surface area (Å²) in [6, 6.07) is 6.46. The molecule has 0 aliphatic heterocycles. The van der Waals surface area contributed by atoms with Gasteiger partial charge in [0.15, 0.2) is 22.7 Å². The Hall–Kier alpha value is -3.13. The first-order valence-corrected chi connectivity index (χ1v) is 7.13. The summed E-state index contributed by atoms with van der Waals surface area (Å²) in [6.45, 7) is 4.01. The summed E-state index contributed by atoms with van der Waals surface area (Å²) in [7, 11) is 0. The van der Waals surface area contributed by atoms with E-state index in [9.17, 15) is 9.59 Å². The van der Waals surface area contributed by atoms with E-state index in [1.165, 1.54) is 6.07 Å². The van der Waals surface area contributed by atoms with Crippen molar-refractivity contribution in [1.82, 2.24) is 4.98 Å². The zero-order chi connectivity index (χ0) is 17.4. The number of nitrogens with zero attached hydrogens (tertiary/aromatic N) is 1. The monoisotopic (exact) mass is 330 g/mol. The van der Waals surface area contributed by atoms with Gasteiger partial charge < -0.3 is 14.3 Å². The SMILES string of the molecule is CC(C)c1ccc2oc3cc(OC(=O)O)c(NO)nc3c(=O)c2c1. The number of fused-ring (bicyclic) bond motifs is 2. The Kier molecular flexibility index (Phi) is 3.82. The first-order chi connectivity index (χ1) is 11.4. The van der Waals surface area contributed by atoms with Crippen LogP contribution in [-0.4, -0.2) is 21.5 Å². The summed E-state index contributed by atoms with van der Waals surface area (Å²) < 4.78 is 10.2. The van der Waals surface area contributed by atoms with Crippen molar-refractivity contribution in [1.29, 1.82) is 0 Å². The van der Waals surface area contributed by atoms with Crippen molar-refractivity contribution < 1.29 is 24.3 Å². The molecule has 0 amide bonds. The fourth-order valence-electron chi connectivity index (χ4n) is 2.39. The molecule has 124 valence electrons. The molecule has 0 spiro atoms. The van der Waals surface area contributed by atoms with Crippen LogP contribution in [0.2, 0.25) is 0 Å². The van der Waals surface area contributed by atoms with Crippen LogP contribution >= 0.6 is 0 Å². The summed E-state index contributed by atoms with van der Waals surface area (Å²) in [5.74, 6) is -0.339. The van der Waals surface area contributed by atoms with Crippen molar-refractivity contribution in [2.45, 2.75) is 19.8 Å². The zero-order valence-corrected chi connectivity index (χ0v) is 12.9. The number of rotatable bonds is 3. The van der Waals surface area contributed by atoms with Gasteiger partial charge in [0.25, 0.3) is 0 Å². The summed E-state index contributed by atoms with van der Waals surface area (Å²) in [4.78, 5) is 27.3. The second-order valence-electron chi connectivity index (χ2n) is 5.50. The topological polar surface area (TPSA) is 122 Å². The van der Waals surface area contributed by atoms with Gasteiger partial charge in [0, 0.05) is 6.07 Å². The maximum atomic E-state index is 12.7. The van der Waals surface area contributed by atoms with Gasteiger partial charge in [-0.1, -0.05) is 19.9 Å². The third kappa shape index (κ3) is 2.63. The van der Waals surface area contributed by atoms with Gasteiger partial charge in [-0.25, -0.2) is 15.3 Å². The van der Waals surface area contributed by atoms with Crippen molar-refractivity contribution in [2.75, 3.05) is 5.48 Å². The van der Waals surface area contributed by atoms with Gasteiger partial charge in [-0.15, -0.1) is 0 Å². The van der Waals surface area contributed by atoms with Crippen LogP contribution in [0.25, 0.3) is 22.1 Å². The van der Waals surface area contributed by atoms with Crippen molar-refractivity contribution in [2.24, 2.45) is 0 Å². The minimum Gasteiger partial charge on any atom is -0.454 e. The zero-order valence-electron chi connectivity index (χ0n) is 12.9. The quantitative estimate of drug-likeness (QED) is 0.380. The molecule has 0 bridgehead atoms. The van der Waals surface area contributed by atoms with Crippen LogP contribution in [0.5, 0.6) is 5.75 Å². The van der Waals surface area contributed by atoms with Gasteiger partial charge in [-0.3, -0.25) is 10.0 Å². The Bertz CT molecular complexity index is 1010. The Morgan fingerprint density at radius 1 is 1.29 bits per heavy atom. The van der Waals surface area contributed by atoms with E-state index in [4.69, 9.17) is 14.7 Å². The summed E-state index contributed by atoms with van der Waals surface area (Å²) in [6.07, 6.45) is -1.59. The van der Waals surface area contributed by atoms with Crippen molar-refractivity contribution in [3.05, 3.63) is 40.1 Å². The molecule has 0 saturated carbocycles. The maximum absolute atomic E-state index is 12.7. The van der Waals surface area contributed by atoms with Crippen molar-refractivity contribution in [3.8, 4) is 5.75 Å². The van der Waals surface area contributed by atoms with E-state index < -0.39 is 6.16 Å². The molecule has 2 heterocycles. The minimum absolute atomic E-state index is 0.0438. The van der Waals surface area contributed by atoms with Gasteiger partial charge in [-0.05, 0) is 23.6 Å². The molecule has 3 N–H and O–H groups in total. The summed E-state index contributed by atoms with van der Waals surface area (Å²) in [5.41, 5.74) is 2.67. The molecule has 1 aromatic carbocycles. The van der Waals surface area contributed by atoms with Crippen LogP contribution in [0, 0.1) is 0 Å². The Morgan fingerprint density at radius 3 is 2.67 bits per heavy atom. The molecule has 0 atom stereocenters. The van der Waals surface area contributed by atoms with E-state index >= 15 is 0 Å². The highest BCUT2D eigenvalue weighted by atomic mass is 16.7. The predicted molar refractivity (Wildman–Crippen MR) is 85.9 cm³/mol. The molecule has 8 heteroatoms. The van der Waals surface area contributed by atoms with Gasteiger partial charge in [0.2, 0.25) is 5.43 Å². The summed E-state index contributed by atoms with van der Waals surface area (Å²) in [5, 5.41) is 18.2. The number of pyridine rings is 1. The Morgan fingerprint density at radius 2 is 2.04 bits per heavy atom. The predicted octanol–water partition coefficient (Wildman–Crippen LogP) is 3.32. The number of carboxylic acid groups (broad SMARTS) is 1. The van der Waals surface area contributed by atoms with Crippen LogP contribution in [0.3, 0.4) is 0 Å². The van der Waals surface area contributed by atoms with Crippen LogP contribution in [-0.2, 0) is 0 Å². The third-order valence-corrected chi connectivity index (χ3v) is 3.61. The number of hydrogen-bond acceptors (Lipinski definition) is 7. The average molecular weight is 330 g/mol. The van der Waals surface area contributed by atoms with E-state index in [-0.39, 0.29) is 34.0 Å². The minimum atomic E-state index is -1.59. The molecule has 0 unspecified atom stereocenters. The molecule has 8 nitrogen and oxygen atoms in total. The maximum Gasteiger partial charge on any atom is 0.511 e. The van der Waals surface area contributed by atoms with Gasteiger partial charge in [0.1, 0.15) is 5.58 Å². The standard InChI is InChI=1S/C16H14N2O6/c1-7(2)8-3-4-10-9(5-8)14(19)13-11(23-10)6-12(24-16(20)21)15(17-13)18-22/h3-7,22H,1-2H3,(H,17,18)(H,20,21). The molecule has 3 aromatic rings. The molecule has 0 aliphatic rings. The molecule has 24 heavy (non-hydrogen) atoms. The van der Waals surface area contributed by atoms with Crippen LogP contribution in [0.15, 0.2) is 33.5 Å². The molecule has 0 saturated heterocycles. The second-order valence-corrected chi connectivity index (χ2v) is 5.50. The number of benzene rings is 1. The third-order valence-electron chi connectivity index (χ3n) is 3.61. The van der Waals surface area contributed by atoms with E-state index in [0.717, 1.165) is 5.56 Å². The molecule has 2 aromatic heterocycles. The average Bonchev–Trinajstić information content (AvgIpc) is 2.53. The Balaban J connectivity index is 2.33. The van der Waals surface area contributed by atoms with Gasteiger partial charge in [-0.2, -0.15) is 0 Å². The number of carbonyl (C=O) groups is 1. The number of nitrogens with one attached hydrogen (secondary N) is 1. The van der Waals surface area contributed by atoms with Gasteiger partial charge in [0.05, 0.1) is 5.39 Å². The van der Waals surface area contributed by atoms with E-state index in [0.29, 0.717) is 11.0 Å². The summed E-state index contributed by atoms with van der Waals surface area (Å²) >= 11 is 0. The molecule has 3 rings (SSSR count). The van der Waals surface area contributed by atoms with E-state index in [2.05, 4.69) is 9.72 Å². The first kappa shape index (κ1) is 15.8. The lowest BCUT2D eigenvalue weighted by atomic mass is 10.0. The molecule has 0 fully saturated rings. The fraction of sp³-hybridized carbons (Fsp3) is 0.188. The number of hydrogen-bond donors (Lipinski definition) is 3. The van der Waals surface area contributed by atoms with E-state index in [1.54, 1.807) is 17.6 Å². The normalized spacial score (nSPS) is 11.2. The molecule has 0 aliphatic carbocycles. The van der Waals surface area contributed by atoms with Crippen molar-refractivity contribution in [3.63, 3.8) is 0 Å². The van der Waals surface area contributed by atoms with Gasteiger partial charge >= 0.3 is 6.16 Å². The van der Waals surface area contributed by atoms with Crippen molar-refractivity contribution >= 4 is 34.0 Å². The van der Waals surface area contributed by atoms with Crippen LogP contribution in [0.1, 0.15) is 25.3 Å². The smallest absolute Gasteiger partial charge is 0.454 e. The number of ether oxygens (including phenoxy) is 1. The lowest BCUT2D eigenvalue weighted by Gasteiger charge is -2.09. The molecular weight excluding hydrogens is 316 g/mol. The van der Waals surface area contributed by atoms with Crippen LogP contribution in [0.4, 0.5) is 10.6 Å². The molecular formula is C16H14N2O6. The van der Waals surface area contributed by atoms with E-state index in [1.807, 2.05) is 19.9 Å². The Labute approximate surface area is 135 Å². The second kappa shape index (κ2) is 5.82. The highest BCUT2D eigenvalue weighted by Crippen LogP contribution is 2.28. The highest BCUT2D eigenvalue weighted by Gasteiger charge is 2.17. The fourth-order valence-corrected chi connectivity index (χ4v) is 2.39.